The van der Waals surface area contributed by atoms with E-state index in [4.69, 9.17) is 0 Å². The molecule has 1 rings (SSSR count). The lowest BCUT2D eigenvalue weighted by Crippen LogP contribution is -2.34. The number of aryl methyl sites for hydroxylation is 1. The zero-order valence-electron chi connectivity index (χ0n) is 13.1. The van der Waals surface area contributed by atoms with Crippen LogP contribution >= 0.6 is 0 Å². The molecule has 0 spiro atoms. The van der Waals surface area contributed by atoms with E-state index in [1.54, 1.807) is 0 Å². The van der Waals surface area contributed by atoms with Gasteiger partial charge in [0.25, 0.3) is 0 Å². The van der Waals surface area contributed by atoms with E-state index in [-0.39, 0.29) is 5.91 Å². The van der Waals surface area contributed by atoms with Crippen molar-refractivity contribution >= 4 is 5.91 Å². The number of benzene rings is 1. The summed E-state index contributed by atoms with van der Waals surface area (Å²) in [4.78, 5) is 14.0. The molecule has 1 amide bonds. The summed E-state index contributed by atoms with van der Waals surface area (Å²) in [5.41, 5.74) is 2.54. The Morgan fingerprint density at radius 2 is 1.70 bits per heavy atom. The van der Waals surface area contributed by atoms with Crippen molar-refractivity contribution in [3.63, 3.8) is 0 Å². The molecule has 0 heterocycles. The average Bonchev–Trinajstić information content (AvgIpc) is 2.45. The Kier molecular flexibility index (Phi) is 7.97. The van der Waals surface area contributed by atoms with Crippen LogP contribution in [0.3, 0.4) is 0 Å². The summed E-state index contributed by atoms with van der Waals surface area (Å²) in [5.74, 6) is 0.269. The fourth-order valence-electron chi connectivity index (χ4n) is 2.19. The van der Waals surface area contributed by atoms with Crippen molar-refractivity contribution in [2.24, 2.45) is 0 Å². The summed E-state index contributed by atoms with van der Waals surface area (Å²) < 4.78 is 0. The van der Waals surface area contributed by atoms with Gasteiger partial charge in [-0.3, -0.25) is 4.79 Å². The fraction of sp³-hybridized carbons (Fsp3) is 0.588. The Hall–Kier alpha value is -1.35. The van der Waals surface area contributed by atoms with Gasteiger partial charge in [-0.25, -0.2) is 0 Å². The number of nitrogens with zero attached hydrogens (tertiary/aromatic N) is 1. The maximum absolute atomic E-state index is 12.1. The van der Waals surface area contributed by atoms with Gasteiger partial charge in [0.05, 0.1) is 0 Å². The third kappa shape index (κ3) is 6.20. The number of carbonyl (C=O) groups excluding carboxylic acids is 1. The van der Waals surface area contributed by atoms with E-state index in [0.717, 1.165) is 39.0 Å². The minimum Gasteiger partial charge on any atom is -0.343 e. The molecule has 1 aromatic rings. The van der Waals surface area contributed by atoms with Gasteiger partial charge in [-0.15, -0.1) is 0 Å². The molecule has 0 unspecified atom stereocenters. The maximum Gasteiger partial charge on any atom is 0.223 e. The molecular formula is C17H28N2O. The second-order valence-electron chi connectivity index (χ2n) is 5.29. The highest BCUT2D eigenvalue weighted by Gasteiger charge is 2.10. The van der Waals surface area contributed by atoms with Crippen molar-refractivity contribution in [3.8, 4) is 0 Å². The first-order valence-electron chi connectivity index (χ1n) is 7.71. The topological polar surface area (TPSA) is 32.3 Å². The number of nitrogens with one attached hydrogen (secondary N) is 1. The van der Waals surface area contributed by atoms with Gasteiger partial charge < -0.3 is 10.2 Å². The molecule has 0 atom stereocenters. The highest BCUT2D eigenvalue weighted by atomic mass is 16.2. The van der Waals surface area contributed by atoms with Crippen LogP contribution in [0, 0.1) is 6.92 Å². The van der Waals surface area contributed by atoms with E-state index in [1.807, 2.05) is 4.90 Å². The molecule has 0 aliphatic rings. The lowest BCUT2D eigenvalue weighted by molar-refractivity contribution is -0.131. The lowest BCUT2D eigenvalue weighted by Gasteiger charge is -2.21. The Morgan fingerprint density at radius 1 is 1.10 bits per heavy atom. The summed E-state index contributed by atoms with van der Waals surface area (Å²) in [6, 6.07) is 8.49. The molecule has 0 aliphatic heterocycles. The minimum atomic E-state index is 0.269. The van der Waals surface area contributed by atoms with Crippen LogP contribution in [0.25, 0.3) is 0 Å². The van der Waals surface area contributed by atoms with Crippen LogP contribution in [-0.4, -0.2) is 30.4 Å². The van der Waals surface area contributed by atoms with Crippen LogP contribution in [0.15, 0.2) is 24.3 Å². The van der Waals surface area contributed by atoms with E-state index in [0.29, 0.717) is 6.42 Å². The smallest absolute Gasteiger partial charge is 0.223 e. The monoisotopic (exact) mass is 276 g/mol. The van der Waals surface area contributed by atoms with Crippen molar-refractivity contribution in [1.82, 2.24) is 10.2 Å². The van der Waals surface area contributed by atoms with E-state index in [2.05, 4.69) is 50.4 Å². The van der Waals surface area contributed by atoms with Crippen molar-refractivity contribution in [2.75, 3.05) is 19.6 Å². The summed E-state index contributed by atoms with van der Waals surface area (Å²) in [6.45, 7) is 9.66. The predicted octanol–water partition coefficient (Wildman–Crippen LogP) is 3.12. The number of carbonyl (C=O) groups is 1. The van der Waals surface area contributed by atoms with Crippen LogP contribution in [0.2, 0.25) is 0 Å². The molecule has 0 saturated carbocycles. The van der Waals surface area contributed by atoms with Crippen molar-refractivity contribution in [1.29, 1.82) is 0 Å². The molecule has 112 valence electrons. The van der Waals surface area contributed by atoms with Crippen LogP contribution in [0.4, 0.5) is 0 Å². The van der Waals surface area contributed by atoms with E-state index in [9.17, 15) is 4.79 Å². The Labute approximate surface area is 123 Å². The third-order valence-electron chi connectivity index (χ3n) is 3.31. The maximum atomic E-state index is 12.1. The lowest BCUT2D eigenvalue weighted by atomic mass is 10.1. The first kappa shape index (κ1) is 16.7. The molecule has 0 saturated heterocycles. The van der Waals surface area contributed by atoms with Gasteiger partial charge in [0.2, 0.25) is 5.91 Å². The van der Waals surface area contributed by atoms with E-state index < -0.39 is 0 Å². The van der Waals surface area contributed by atoms with Crippen LogP contribution in [0.5, 0.6) is 0 Å². The Bertz CT molecular complexity index is 380. The van der Waals surface area contributed by atoms with Gasteiger partial charge in [0.1, 0.15) is 0 Å². The highest BCUT2D eigenvalue weighted by Crippen LogP contribution is 2.03. The Morgan fingerprint density at radius 3 is 2.25 bits per heavy atom. The number of amides is 1. The molecule has 3 nitrogen and oxygen atoms in total. The molecule has 1 N–H and O–H groups in total. The zero-order chi connectivity index (χ0) is 14.8. The normalized spacial score (nSPS) is 10.6. The SMILES string of the molecule is CCCN(CCC)C(=O)CCNCc1ccc(C)cc1. The molecule has 0 fully saturated rings. The average molecular weight is 276 g/mol. The van der Waals surface area contributed by atoms with Gasteiger partial charge in [-0.2, -0.15) is 0 Å². The second-order valence-corrected chi connectivity index (χ2v) is 5.29. The summed E-state index contributed by atoms with van der Waals surface area (Å²) in [5, 5.41) is 3.34. The molecule has 0 aromatic heterocycles. The molecule has 20 heavy (non-hydrogen) atoms. The van der Waals surface area contributed by atoms with Gasteiger partial charge in [-0.05, 0) is 25.3 Å². The quantitative estimate of drug-likeness (QED) is 0.703. The second kappa shape index (κ2) is 9.54. The zero-order valence-corrected chi connectivity index (χ0v) is 13.1. The standard InChI is InChI=1S/C17H28N2O/c1-4-12-19(13-5-2)17(20)10-11-18-14-16-8-6-15(3)7-9-16/h6-9,18H,4-5,10-14H2,1-3H3. The van der Waals surface area contributed by atoms with E-state index >= 15 is 0 Å². The van der Waals surface area contributed by atoms with Crippen LogP contribution < -0.4 is 5.32 Å². The third-order valence-corrected chi connectivity index (χ3v) is 3.31. The van der Waals surface area contributed by atoms with E-state index in [1.165, 1.54) is 11.1 Å². The van der Waals surface area contributed by atoms with Gasteiger partial charge >= 0.3 is 0 Å². The molecule has 0 aliphatic carbocycles. The predicted molar refractivity (Wildman–Crippen MR) is 84.7 cm³/mol. The largest absolute Gasteiger partial charge is 0.343 e. The molecule has 0 radical (unpaired) electrons. The van der Waals surface area contributed by atoms with Crippen molar-refractivity contribution in [3.05, 3.63) is 35.4 Å². The van der Waals surface area contributed by atoms with Gasteiger partial charge in [0, 0.05) is 32.6 Å². The first-order chi connectivity index (χ1) is 9.67. The number of hydrogen-bond donors (Lipinski definition) is 1. The summed E-state index contributed by atoms with van der Waals surface area (Å²) in [6.07, 6.45) is 2.65. The first-order valence-corrected chi connectivity index (χ1v) is 7.71. The minimum absolute atomic E-state index is 0.269. The van der Waals surface area contributed by atoms with Crippen LogP contribution in [0.1, 0.15) is 44.2 Å². The fourth-order valence-corrected chi connectivity index (χ4v) is 2.19. The summed E-state index contributed by atoms with van der Waals surface area (Å²) >= 11 is 0. The highest BCUT2D eigenvalue weighted by molar-refractivity contribution is 5.76. The molecule has 0 bridgehead atoms. The number of hydrogen-bond acceptors (Lipinski definition) is 2. The number of rotatable bonds is 9. The molecule has 1 aromatic carbocycles. The van der Waals surface area contributed by atoms with Crippen LogP contribution in [-0.2, 0) is 11.3 Å². The molecular weight excluding hydrogens is 248 g/mol. The van der Waals surface area contributed by atoms with Gasteiger partial charge in [-0.1, -0.05) is 43.7 Å². The van der Waals surface area contributed by atoms with Gasteiger partial charge in [0.15, 0.2) is 0 Å². The Balaban J connectivity index is 2.25. The van der Waals surface area contributed by atoms with Crippen molar-refractivity contribution in [2.45, 2.75) is 46.6 Å². The van der Waals surface area contributed by atoms with Crippen molar-refractivity contribution < 1.29 is 4.79 Å². The molecule has 3 heteroatoms. The summed E-state index contributed by atoms with van der Waals surface area (Å²) in [7, 11) is 0.